The van der Waals surface area contributed by atoms with Gasteiger partial charge in [-0.05, 0) is 30.7 Å². The summed E-state index contributed by atoms with van der Waals surface area (Å²) in [6, 6.07) is 7.14. The molecule has 2 aromatic rings. The highest BCUT2D eigenvalue weighted by molar-refractivity contribution is 5.93. The monoisotopic (exact) mass is 313 g/mol. The highest BCUT2D eigenvalue weighted by Gasteiger charge is 2.37. The molecule has 0 unspecified atom stereocenters. The van der Waals surface area contributed by atoms with Crippen molar-refractivity contribution in [2.45, 2.75) is 12.5 Å². The summed E-state index contributed by atoms with van der Waals surface area (Å²) in [6.07, 6.45) is 5.30. The Morgan fingerprint density at radius 2 is 2.26 bits per heavy atom. The zero-order chi connectivity index (χ0) is 16.2. The second-order valence-corrected chi connectivity index (χ2v) is 5.38. The van der Waals surface area contributed by atoms with Gasteiger partial charge in [-0.2, -0.15) is 0 Å². The van der Waals surface area contributed by atoms with Gasteiger partial charge in [0, 0.05) is 31.7 Å². The number of carbonyl (C=O) groups excluding carboxylic acids is 1. The molecule has 1 aliphatic heterocycles. The molecule has 0 radical (unpaired) electrons. The normalized spacial score (nSPS) is 20.2. The molecule has 0 saturated carbocycles. The van der Waals surface area contributed by atoms with E-state index in [0.29, 0.717) is 18.8 Å². The minimum atomic E-state index is -0.307. The van der Waals surface area contributed by atoms with Crippen molar-refractivity contribution in [3.8, 4) is 5.75 Å². The molecule has 120 valence electrons. The van der Waals surface area contributed by atoms with E-state index in [0.717, 1.165) is 11.5 Å². The zero-order valence-electron chi connectivity index (χ0n) is 12.9. The molecule has 0 aliphatic carbocycles. The van der Waals surface area contributed by atoms with Crippen molar-refractivity contribution >= 4 is 11.6 Å². The standard InChI is InChI=1S/C17H19N3O3/c1-3-22-13-6-4-12(5-7-13)19-17(21)14-8-11-23-15(14)16-18-9-10-20(16)2/h3-7,9-10,14-15H,1,8,11H2,2H3,(H,19,21)/t14-,15-/m1/s1. The predicted octanol–water partition coefficient (Wildman–Crippen LogP) is 2.66. The number of nitrogens with one attached hydrogen (secondary N) is 1. The molecule has 6 heteroatoms. The van der Waals surface area contributed by atoms with Crippen LogP contribution in [0.1, 0.15) is 18.3 Å². The molecule has 0 bridgehead atoms. The Morgan fingerprint density at radius 1 is 1.48 bits per heavy atom. The topological polar surface area (TPSA) is 65.4 Å². The van der Waals surface area contributed by atoms with Gasteiger partial charge in [-0.1, -0.05) is 6.58 Å². The number of ether oxygens (including phenoxy) is 2. The molecule has 1 aliphatic rings. The Hall–Kier alpha value is -2.60. The first-order chi connectivity index (χ1) is 11.2. The summed E-state index contributed by atoms with van der Waals surface area (Å²) in [5.74, 6) is 1.14. The Morgan fingerprint density at radius 3 is 2.91 bits per heavy atom. The molecule has 1 amide bonds. The lowest BCUT2D eigenvalue weighted by atomic mass is 9.99. The number of rotatable bonds is 5. The number of aromatic nitrogens is 2. The molecule has 1 aromatic carbocycles. The van der Waals surface area contributed by atoms with Crippen LogP contribution in [0.3, 0.4) is 0 Å². The van der Waals surface area contributed by atoms with Crippen molar-refractivity contribution in [1.82, 2.24) is 9.55 Å². The van der Waals surface area contributed by atoms with E-state index in [1.54, 1.807) is 30.5 Å². The summed E-state index contributed by atoms with van der Waals surface area (Å²) >= 11 is 0. The summed E-state index contributed by atoms with van der Waals surface area (Å²) < 4.78 is 12.8. The van der Waals surface area contributed by atoms with Gasteiger partial charge in [0.2, 0.25) is 5.91 Å². The van der Waals surface area contributed by atoms with E-state index in [4.69, 9.17) is 9.47 Å². The summed E-state index contributed by atoms with van der Waals surface area (Å²) in [5, 5.41) is 2.93. The number of amides is 1. The van der Waals surface area contributed by atoms with Crippen LogP contribution < -0.4 is 10.1 Å². The number of anilines is 1. The molecule has 1 fully saturated rings. The lowest BCUT2D eigenvalue weighted by Crippen LogP contribution is -2.26. The first-order valence-corrected chi connectivity index (χ1v) is 7.46. The minimum Gasteiger partial charge on any atom is -0.466 e. The van der Waals surface area contributed by atoms with E-state index < -0.39 is 0 Å². The average molecular weight is 313 g/mol. The molecular formula is C17H19N3O3. The lowest BCUT2D eigenvalue weighted by Gasteiger charge is -2.18. The Bertz CT molecular complexity index is 693. The van der Waals surface area contributed by atoms with E-state index in [1.807, 2.05) is 17.8 Å². The van der Waals surface area contributed by atoms with Gasteiger partial charge in [-0.25, -0.2) is 4.98 Å². The minimum absolute atomic E-state index is 0.0621. The Kier molecular flexibility index (Phi) is 4.43. The molecule has 1 aromatic heterocycles. The highest BCUT2D eigenvalue weighted by Crippen LogP contribution is 2.34. The van der Waals surface area contributed by atoms with E-state index in [2.05, 4.69) is 16.9 Å². The fourth-order valence-corrected chi connectivity index (χ4v) is 2.71. The third kappa shape index (κ3) is 3.27. The van der Waals surface area contributed by atoms with E-state index in [1.165, 1.54) is 6.26 Å². The second-order valence-electron chi connectivity index (χ2n) is 5.38. The van der Waals surface area contributed by atoms with Crippen molar-refractivity contribution in [3.63, 3.8) is 0 Å². The van der Waals surface area contributed by atoms with Gasteiger partial charge < -0.3 is 19.4 Å². The third-order valence-corrected chi connectivity index (χ3v) is 3.88. The fraction of sp³-hybridized carbons (Fsp3) is 0.294. The van der Waals surface area contributed by atoms with Crippen molar-refractivity contribution in [2.24, 2.45) is 13.0 Å². The van der Waals surface area contributed by atoms with Gasteiger partial charge in [0.15, 0.2) is 0 Å². The smallest absolute Gasteiger partial charge is 0.230 e. The van der Waals surface area contributed by atoms with Crippen LogP contribution in [0.5, 0.6) is 5.75 Å². The van der Waals surface area contributed by atoms with Gasteiger partial charge >= 0.3 is 0 Å². The number of benzene rings is 1. The number of hydrogen-bond donors (Lipinski definition) is 1. The van der Waals surface area contributed by atoms with Crippen LogP contribution in [0.4, 0.5) is 5.69 Å². The van der Waals surface area contributed by atoms with Gasteiger partial charge in [-0.15, -0.1) is 0 Å². The van der Waals surface area contributed by atoms with Crippen LogP contribution >= 0.6 is 0 Å². The summed E-state index contributed by atoms with van der Waals surface area (Å²) in [5.41, 5.74) is 0.719. The summed E-state index contributed by atoms with van der Waals surface area (Å²) in [4.78, 5) is 16.9. The maximum atomic E-state index is 12.6. The second kappa shape index (κ2) is 6.66. The van der Waals surface area contributed by atoms with E-state index in [9.17, 15) is 4.79 Å². The quantitative estimate of drug-likeness (QED) is 0.862. The molecular weight excluding hydrogens is 294 g/mol. The summed E-state index contributed by atoms with van der Waals surface area (Å²) in [6.45, 7) is 4.06. The fourth-order valence-electron chi connectivity index (χ4n) is 2.71. The van der Waals surface area contributed by atoms with Crippen LogP contribution in [0.25, 0.3) is 0 Å². The highest BCUT2D eigenvalue weighted by atomic mass is 16.5. The number of aryl methyl sites for hydroxylation is 1. The van der Waals surface area contributed by atoms with Crippen molar-refractivity contribution in [2.75, 3.05) is 11.9 Å². The van der Waals surface area contributed by atoms with Crippen molar-refractivity contribution in [3.05, 3.63) is 55.3 Å². The van der Waals surface area contributed by atoms with Crippen LogP contribution in [0, 0.1) is 5.92 Å². The number of imidazole rings is 1. The molecule has 0 spiro atoms. The van der Waals surface area contributed by atoms with E-state index >= 15 is 0 Å². The van der Waals surface area contributed by atoms with Crippen LogP contribution in [-0.2, 0) is 16.6 Å². The Balaban J connectivity index is 1.69. The molecule has 1 N–H and O–H groups in total. The van der Waals surface area contributed by atoms with Crippen molar-refractivity contribution in [1.29, 1.82) is 0 Å². The van der Waals surface area contributed by atoms with Crippen molar-refractivity contribution < 1.29 is 14.3 Å². The molecule has 6 nitrogen and oxygen atoms in total. The SMILES string of the molecule is C=COc1ccc(NC(=O)[C@@H]2CCO[C@H]2c2nccn2C)cc1. The van der Waals surface area contributed by atoms with E-state index in [-0.39, 0.29) is 17.9 Å². The van der Waals surface area contributed by atoms with Crippen LogP contribution in [0.15, 0.2) is 49.5 Å². The lowest BCUT2D eigenvalue weighted by molar-refractivity contribution is -0.121. The molecule has 3 rings (SSSR count). The molecule has 1 saturated heterocycles. The molecule has 2 heterocycles. The average Bonchev–Trinajstić information content (AvgIpc) is 3.17. The molecule has 2 atom stereocenters. The number of nitrogens with zero attached hydrogens (tertiary/aromatic N) is 2. The van der Waals surface area contributed by atoms with Gasteiger partial charge in [0.05, 0.1) is 12.2 Å². The number of hydrogen-bond acceptors (Lipinski definition) is 4. The maximum Gasteiger partial charge on any atom is 0.230 e. The Labute approximate surface area is 134 Å². The first kappa shape index (κ1) is 15.3. The first-order valence-electron chi connectivity index (χ1n) is 7.46. The number of carbonyl (C=O) groups is 1. The van der Waals surface area contributed by atoms with Crippen LogP contribution in [0.2, 0.25) is 0 Å². The largest absolute Gasteiger partial charge is 0.466 e. The van der Waals surface area contributed by atoms with Gasteiger partial charge in [0.1, 0.15) is 17.7 Å². The maximum absolute atomic E-state index is 12.6. The van der Waals surface area contributed by atoms with Crippen LogP contribution in [-0.4, -0.2) is 22.1 Å². The summed E-state index contributed by atoms with van der Waals surface area (Å²) in [7, 11) is 1.90. The van der Waals surface area contributed by atoms with Gasteiger partial charge in [0.25, 0.3) is 0 Å². The third-order valence-electron chi connectivity index (χ3n) is 3.88. The zero-order valence-corrected chi connectivity index (χ0v) is 12.9. The predicted molar refractivity (Wildman–Crippen MR) is 85.9 cm³/mol. The van der Waals surface area contributed by atoms with Gasteiger partial charge in [-0.3, -0.25) is 4.79 Å². The molecule has 23 heavy (non-hydrogen) atoms.